The van der Waals surface area contributed by atoms with Crippen LogP contribution in [0.4, 0.5) is 106 Å². The zero-order valence-corrected chi connectivity index (χ0v) is 67.1. The van der Waals surface area contributed by atoms with Gasteiger partial charge in [-0.2, -0.15) is 39.5 Å². The van der Waals surface area contributed by atoms with Crippen LogP contribution in [0.3, 0.4) is 0 Å². The highest BCUT2D eigenvalue weighted by Crippen LogP contribution is 2.41. The number of halogens is 9. The van der Waals surface area contributed by atoms with E-state index in [2.05, 4.69) is 45.3 Å². The molecule has 12 heterocycles. The highest BCUT2D eigenvalue weighted by Gasteiger charge is 2.41. The number of hydrogen-bond acceptors (Lipinski definition) is 18. The van der Waals surface area contributed by atoms with E-state index in [4.69, 9.17) is 29.2 Å². The Kier molecular flexibility index (Phi) is 27.1. The number of aromatic nitrogens is 3. The molecule has 0 aliphatic carbocycles. The van der Waals surface area contributed by atoms with E-state index in [0.717, 1.165) is 124 Å². The standard InChI is InChI=1S/3C28H36F3N5O3/c3*1-18-3-4-22(32-27(38)35-6-5-20(16-35)14-28(29,30)31)13-23(18)21-11-25(34-7-9-39-10-8-34)33-26(12-21)36-15-19(2)24(37)17-36/h3*3-4,11-13,19-20,24,37H,5-10,14-17H2,1-2H3,(H,32,38)/t19?,20-,24?;19-,20+,24-;19-,20-,24-/m010/s1. The zero-order valence-electron chi connectivity index (χ0n) is 67.1. The van der Waals surface area contributed by atoms with E-state index in [9.17, 15) is 69.2 Å². The molecular weight excluding hydrogens is 1530 g/mol. The smallest absolute Gasteiger partial charge is 0.389 e. The predicted octanol–water partition coefficient (Wildman–Crippen LogP) is 13.6. The van der Waals surface area contributed by atoms with Crippen molar-refractivity contribution in [2.75, 3.05) is 203 Å². The number of pyridine rings is 3. The molecule has 9 saturated heterocycles. The molecule has 0 bridgehead atoms. The van der Waals surface area contributed by atoms with Crippen molar-refractivity contribution in [1.29, 1.82) is 0 Å². The molecule has 9 atom stereocenters. The molecule has 0 radical (unpaired) electrons. The fraction of sp³-hybridized carbons (Fsp3) is 0.571. The Bertz CT molecular complexity index is 3970. The molecule has 117 heavy (non-hydrogen) atoms. The van der Waals surface area contributed by atoms with Gasteiger partial charge in [-0.05, 0) is 181 Å². The maximum absolute atomic E-state index is 12.9. The van der Waals surface area contributed by atoms with Gasteiger partial charge in [0, 0.05) is 172 Å². The molecule has 636 valence electrons. The minimum Gasteiger partial charge on any atom is -0.391 e. The molecule has 2 unspecified atom stereocenters. The third kappa shape index (κ3) is 22.6. The second kappa shape index (κ2) is 37.0. The number of likely N-dealkylation sites (tertiary alicyclic amines) is 3. The maximum atomic E-state index is 12.9. The van der Waals surface area contributed by atoms with Crippen LogP contribution in [-0.4, -0.2) is 257 Å². The molecule has 3 aromatic carbocycles. The number of nitrogens with zero attached hydrogens (tertiary/aromatic N) is 12. The number of alkyl halides is 9. The third-order valence-corrected chi connectivity index (χ3v) is 23.8. The van der Waals surface area contributed by atoms with E-state index in [-0.39, 0.29) is 55.5 Å². The van der Waals surface area contributed by atoms with Gasteiger partial charge in [0.05, 0.1) is 58.0 Å². The minimum absolute atomic E-state index is 0.0980. The lowest BCUT2D eigenvalue weighted by atomic mass is 10.00. The number of carbonyl (C=O) groups excluding carboxylic acids is 3. The van der Waals surface area contributed by atoms with E-state index in [1.54, 1.807) is 0 Å². The Morgan fingerprint density at radius 1 is 0.359 bits per heavy atom. The third-order valence-electron chi connectivity index (χ3n) is 23.8. The Balaban J connectivity index is 0.000000152. The number of amides is 6. The van der Waals surface area contributed by atoms with Crippen molar-refractivity contribution < 1.29 is 83.4 Å². The molecule has 9 fully saturated rings. The number of morpholine rings is 3. The maximum Gasteiger partial charge on any atom is 0.389 e. The minimum atomic E-state index is -4.22. The Morgan fingerprint density at radius 3 is 0.821 bits per heavy atom. The summed E-state index contributed by atoms with van der Waals surface area (Å²) in [5, 5.41) is 39.7. The zero-order chi connectivity index (χ0) is 83.2. The number of ether oxygens (including phenoxy) is 3. The molecule has 6 N–H and O–H groups in total. The van der Waals surface area contributed by atoms with Crippen molar-refractivity contribution >= 4 is 70.1 Å². The van der Waals surface area contributed by atoms with Gasteiger partial charge >= 0.3 is 36.6 Å². The Hall–Kier alpha value is -9.15. The largest absolute Gasteiger partial charge is 0.391 e. The SMILES string of the molecule is Cc1ccc(NC(=O)N2CC[C@@H](CC(F)(F)F)C2)cc1-c1cc(N2CCOCC2)nc(N2CC(C)C(O)C2)c1.Cc1ccc(NC(=O)N2CC[C@@H](CC(F)(F)F)C2)cc1-c1cc(N2CCOCC2)nc(N2C[C@@H](C)[C@H](O)C2)c1.Cc1ccc(NC(=O)N2CC[C@@H](CC(F)(F)F)C2)cc1-c1cc(N2CCOCC2)nc(N2C[C@H](C)[C@@H](O)C2)c1. The van der Waals surface area contributed by atoms with Gasteiger partial charge in [0.1, 0.15) is 34.9 Å². The van der Waals surface area contributed by atoms with E-state index in [0.29, 0.717) is 135 Å². The molecule has 0 saturated carbocycles. The first-order valence-electron chi connectivity index (χ1n) is 40.7. The molecule has 6 amide bonds. The van der Waals surface area contributed by atoms with E-state index >= 15 is 0 Å². The summed E-state index contributed by atoms with van der Waals surface area (Å²) in [7, 11) is 0. The van der Waals surface area contributed by atoms with Crippen LogP contribution in [0.25, 0.3) is 33.4 Å². The predicted molar refractivity (Wildman–Crippen MR) is 433 cm³/mol. The summed E-state index contributed by atoms with van der Waals surface area (Å²) in [6, 6.07) is 27.9. The van der Waals surface area contributed by atoms with E-state index in [1.165, 1.54) is 14.7 Å². The van der Waals surface area contributed by atoms with Crippen LogP contribution in [-0.2, 0) is 14.2 Å². The van der Waals surface area contributed by atoms with Crippen LogP contribution in [0.5, 0.6) is 0 Å². The number of nitrogens with one attached hydrogen (secondary N) is 3. The summed E-state index contributed by atoms with van der Waals surface area (Å²) in [6.45, 7) is 25.1. The van der Waals surface area contributed by atoms with Gasteiger partial charge in [0.2, 0.25) is 0 Å². The van der Waals surface area contributed by atoms with Gasteiger partial charge in [-0.3, -0.25) is 0 Å². The topological polar surface area (TPSA) is 244 Å². The number of hydrogen-bond donors (Lipinski definition) is 6. The molecule has 6 aromatic rings. The van der Waals surface area contributed by atoms with Crippen LogP contribution in [0.1, 0.15) is 76.0 Å². The van der Waals surface area contributed by atoms with Crippen LogP contribution in [0.2, 0.25) is 0 Å². The normalized spacial score (nSPS) is 23.9. The molecular formula is C84H108F9N15O9. The molecule has 15 rings (SSSR count). The van der Waals surface area contributed by atoms with E-state index in [1.807, 2.05) is 133 Å². The summed E-state index contributed by atoms with van der Waals surface area (Å²) in [6.07, 6.45) is -15.5. The number of aliphatic hydroxyl groups excluding tert-OH is 3. The lowest BCUT2D eigenvalue weighted by molar-refractivity contribution is -0.144. The lowest BCUT2D eigenvalue weighted by Gasteiger charge is -2.29. The van der Waals surface area contributed by atoms with Crippen LogP contribution < -0.4 is 45.3 Å². The number of anilines is 9. The molecule has 33 heteroatoms. The molecule has 0 spiro atoms. The van der Waals surface area contributed by atoms with Crippen molar-refractivity contribution in [3.63, 3.8) is 0 Å². The first-order valence-corrected chi connectivity index (χ1v) is 40.7. The summed E-state index contributed by atoms with van der Waals surface area (Å²) in [4.78, 5) is 70.8. The first-order chi connectivity index (χ1) is 55.7. The van der Waals surface area contributed by atoms with Crippen molar-refractivity contribution in [2.45, 2.75) is 117 Å². The van der Waals surface area contributed by atoms with Crippen LogP contribution in [0, 0.1) is 56.3 Å². The number of benzene rings is 3. The Labute approximate surface area is 676 Å². The highest BCUT2D eigenvalue weighted by atomic mass is 19.4. The van der Waals surface area contributed by atoms with Gasteiger partial charge < -0.3 is 89.6 Å². The summed E-state index contributed by atoms with van der Waals surface area (Å²) in [5.41, 5.74) is 10.4. The number of carbonyl (C=O) groups is 3. The molecule has 3 aromatic heterocycles. The van der Waals surface area contributed by atoms with Gasteiger partial charge in [-0.25, -0.2) is 29.3 Å². The van der Waals surface area contributed by atoms with Crippen LogP contribution in [0.15, 0.2) is 91.0 Å². The van der Waals surface area contributed by atoms with Crippen molar-refractivity contribution in [1.82, 2.24) is 29.7 Å². The number of β-amino-alcohol motifs (C(OH)–C–C–N with tert-alkyl or cyclic N) is 3. The quantitative estimate of drug-likeness (QED) is 0.0524. The summed E-state index contributed by atoms with van der Waals surface area (Å²) >= 11 is 0. The average molecular weight is 1640 g/mol. The lowest BCUT2D eigenvalue weighted by Crippen LogP contribution is -2.37. The van der Waals surface area contributed by atoms with Crippen molar-refractivity contribution in [2.24, 2.45) is 35.5 Å². The second-order valence-corrected chi connectivity index (χ2v) is 33.0. The second-order valence-electron chi connectivity index (χ2n) is 33.0. The number of aliphatic hydroxyl groups is 3. The number of urea groups is 3. The van der Waals surface area contributed by atoms with E-state index < -0.39 is 73.9 Å². The monoisotopic (exact) mass is 1640 g/mol. The van der Waals surface area contributed by atoms with Gasteiger partial charge in [-0.1, -0.05) is 39.0 Å². The fourth-order valence-corrected chi connectivity index (χ4v) is 16.9. The van der Waals surface area contributed by atoms with Gasteiger partial charge in [0.15, 0.2) is 0 Å². The molecule has 24 nitrogen and oxygen atoms in total. The number of rotatable bonds is 15. The van der Waals surface area contributed by atoms with Crippen molar-refractivity contribution in [3.8, 4) is 33.4 Å². The number of aryl methyl sites for hydroxylation is 3. The average Bonchev–Trinajstić information content (AvgIpc) is 1.78. The fourth-order valence-electron chi connectivity index (χ4n) is 16.9. The molecule has 9 aliphatic heterocycles. The molecule has 9 aliphatic rings. The summed E-state index contributed by atoms with van der Waals surface area (Å²) < 4.78 is 132. The first kappa shape index (κ1) is 85.7. The van der Waals surface area contributed by atoms with Gasteiger partial charge in [-0.15, -0.1) is 0 Å². The van der Waals surface area contributed by atoms with Crippen LogP contribution >= 0.6 is 0 Å². The van der Waals surface area contributed by atoms with Gasteiger partial charge in [0.25, 0.3) is 0 Å². The van der Waals surface area contributed by atoms with Crippen molar-refractivity contribution in [3.05, 3.63) is 108 Å². The summed E-state index contributed by atoms with van der Waals surface area (Å²) in [5.74, 6) is 3.61. The Morgan fingerprint density at radius 2 is 0.598 bits per heavy atom. The highest BCUT2D eigenvalue weighted by molar-refractivity contribution is 5.93.